The molecule has 9 heteroatoms. The van der Waals surface area contributed by atoms with Gasteiger partial charge in [0.2, 0.25) is 0 Å². The molecule has 2 aromatic carbocycles. The van der Waals surface area contributed by atoms with E-state index in [0.717, 1.165) is 11.3 Å². The molecule has 0 radical (unpaired) electrons. The summed E-state index contributed by atoms with van der Waals surface area (Å²) in [6.07, 6.45) is 3.64. The number of hydrogen-bond donors (Lipinski definition) is 0. The van der Waals surface area contributed by atoms with Crippen molar-refractivity contribution in [3.05, 3.63) is 72.5 Å². The van der Waals surface area contributed by atoms with Crippen molar-refractivity contribution < 1.29 is 113 Å². The van der Waals surface area contributed by atoms with Gasteiger partial charge in [-0.1, -0.05) is 48.5 Å². The Morgan fingerprint density at radius 1 is 0.783 bits per heavy atom. The molecule has 0 N–H and O–H groups in total. The van der Waals surface area contributed by atoms with E-state index in [1.807, 2.05) is 66.7 Å². The van der Waals surface area contributed by atoms with E-state index in [9.17, 15) is 0 Å². The van der Waals surface area contributed by atoms with Crippen LogP contribution in [0.5, 0.6) is 5.75 Å². The van der Waals surface area contributed by atoms with Crippen LogP contribution in [0.4, 0.5) is 0 Å². The molecular formula is C14H12Na3O5P. The molecule has 0 saturated carbocycles. The van der Waals surface area contributed by atoms with Crippen molar-refractivity contribution in [3.63, 3.8) is 0 Å². The third-order valence-electron chi connectivity index (χ3n) is 2.01. The topological polar surface area (TPSA) is 95.5 Å². The standard InChI is InChI=1S/C14H12O.3Na.H3O4P/c1-3-7-13(8-4-1)11-12-15-14-9-5-2-6-10-14;;;;1-5(2,3)4/h1-12H;;;;(H3,1,2,3,4)/q;3*+1;/p-3. The first-order valence-corrected chi connectivity index (χ1v) is 7.07. The first kappa shape index (κ1) is 28.9. The van der Waals surface area contributed by atoms with E-state index in [-0.39, 0.29) is 88.7 Å². The van der Waals surface area contributed by atoms with Crippen LogP contribution in [0, 0.1) is 0 Å². The van der Waals surface area contributed by atoms with Crippen LogP contribution in [0.15, 0.2) is 66.9 Å². The summed E-state index contributed by atoms with van der Waals surface area (Å²) in [6, 6.07) is 19.8. The Balaban J connectivity index is -0.000000444. The molecule has 0 aliphatic carbocycles. The van der Waals surface area contributed by atoms with E-state index in [4.69, 9.17) is 24.0 Å². The molecule has 0 aromatic heterocycles. The zero-order chi connectivity index (χ0) is 14.8. The maximum Gasteiger partial charge on any atom is 1.00 e. The van der Waals surface area contributed by atoms with Crippen molar-refractivity contribution in [2.24, 2.45) is 0 Å². The first-order valence-electron chi connectivity index (χ1n) is 5.61. The van der Waals surface area contributed by atoms with Crippen LogP contribution in [0.3, 0.4) is 0 Å². The molecule has 5 nitrogen and oxygen atoms in total. The molecule has 0 fully saturated rings. The number of ether oxygens (including phenoxy) is 1. The van der Waals surface area contributed by atoms with Crippen LogP contribution >= 0.6 is 7.82 Å². The number of phosphoric acid groups is 1. The van der Waals surface area contributed by atoms with Gasteiger partial charge < -0.3 is 24.0 Å². The summed E-state index contributed by atoms with van der Waals surface area (Å²) in [7, 11) is -5.39. The quantitative estimate of drug-likeness (QED) is 0.308. The first-order chi connectivity index (χ1) is 9.45. The van der Waals surface area contributed by atoms with Crippen molar-refractivity contribution in [2.45, 2.75) is 0 Å². The zero-order valence-corrected chi connectivity index (χ0v) is 20.3. The summed E-state index contributed by atoms with van der Waals surface area (Å²) in [5.41, 5.74) is 1.13. The Bertz CT molecular complexity index is 567. The molecule has 0 aliphatic rings. The van der Waals surface area contributed by atoms with Crippen molar-refractivity contribution in [3.8, 4) is 5.75 Å². The van der Waals surface area contributed by atoms with Crippen LogP contribution in [0.2, 0.25) is 0 Å². The second-order valence-corrected chi connectivity index (χ2v) is 4.49. The molecule has 0 saturated heterocycles. The van der Waals surface area contributed by atoms with Gasteiger partial charge in [0.1, 0.15) is 5.75 Å². The minimum atomic E-state index is -5.39. The van der Waals surface area contributed by atoms with E-state index in [1.165, 1.54) is 0 Å². The second-order valence-electron chi connectivity index (χ2n) is 3.59. The Hall–Kier alpha value is 1.09. The van der Waals surface area contributed by atoms with Gasteiger partial charge in [-0.25, -0.2) is 0 Å². The number of rotatable bonds is 3. The van der Waals surface area contributed by atoms with Gasteiger partial charge in [0.15, 0.2) is 0 Å². The maximum atomic E-state index is 8.55. The summed E-state index contributed by atoms with van der Waals surface area (Å²) in [5.74, 6) is 0.852. The number of benzene rings is 2. The van der Waals surface area contributed by atoms with Crippen LogP contribution in [0.1, 0.15) is 5.56 Å². The monoisotopic (exact) mass is 360 g/mol. The Kier molecular flexibility index (Phi) is 20.8. The average molecular weight is 360 g/mol. The van der Waals surface area contributed by atoms with E-state index in [1.54, 1.807) is 6.26 Å². The van der Waals surface area contributed by atoms with Crippen LogP contribution in [0.25, 0.3) is 6.08 Å². The normalized spacial score (nSPS) is 9.35. The molecule has 2 aromatic rings. The largest absolute Gasteiger partial charge is 1.00 e. The van der Waals surface area contributed by atoms with Crippen molar-refractivity contribution in [2.75, 3.05) is 0 Å². The molecule has 0 bridgehead atoms. The zero-order valence-electron chi connectivity index (χ0n) is 13.4. The van der Waals surface area contributed by atoms with Crippen LogP contribution < -0.4 is 108 Å². The SMILES string of the molecule is C(=Cc1ccccc1)Oc1ccccc1.O=P([O-])([O-])[O-].[Na+].[Na+].[Na+]. The van der Waals surface area contributed by atoms with Gasteiger partial charge >= 0.3 is 88.7 Å². The predicted octanol–water partition coefficient (Wildman–Crippen LogP) is -8.08. The smallest absolute Gasteiger partial charge is 0.822 e. The summed E-state index contributed by atoms with van der Waals surface area (Å²) in [4.78, 5) is 25.6. The van der Waals surface area contributed by atoms with Crippen LogP contribution in [-0.2, 0) is 4.57 Å². The van der Waals surface area contributed by atoms with Crippen LogP contribution in [-0.4, -0.2) is 0 Å². The van der Waals surface area contributed by atoms with E-state index >= 15 is 0 Å². The Labute approximate surface area is 202 Å². The molecule has 0 atom stereocenters. The summed E-state index contributed by atoms with van der Waals surface area (Å²) >= 11 is 0. The van der Waals surface area contributed by atoms with Gasteiger partial charge in [0, 0.05) is 0 Å². The fourth-order valence-corrected chi connectivity index (χ4v) is 1.25. The summed E-state index contributed by atoms with van der Waals surface area (Å²) < 4.78 is 14.0. The molecule has 23 heavy (non-hydrogen) atoms. The van der Waals surface area contributed by atoms with Gasteiger partial charge in [-0.15, -0.1) is 0 Å². The van der Waals surface area contributed by atoms with E-state index < -0.39 is 7.82 Å². The van der Waals surface area contributed by atoms with Gasteiger partial charge in [0.25, 0.3) is 0 Å². The number of para-hydroxylation sites is 1. The summed E-state index contributed by atoms with van der Waals surface area (Å²) in [6.45, 7) is 0. The third-order valence-corrected chi connectivity index (χ3v) is 2.01. The molecule has 106 valence electrons. The molecule has 0 amide bonds. The molecule has 2 rings (SSSR count). The van der Waals surface area contributed by atoms with Crippen molar-refractivity contribution in [1.82, 2.24) is 0 Å². The molecular weight excluding hydrogens is 348 g/mol. The minimum Gasteiger partial charge on any atom is -0.822 e. The molecule has 0 heterocycles. The molecule has 0 unspecified atom stereocenters. The van der Waals surface area contributed by atoms with E-state index in [0.29, 0.717) is 0 Å². The van der Waals surface area contributed by atoms with Gasteiger partial charge in [-0.3, -0.25) is 0 Å². The average Bonchev–Trinajstić information content (AvgIpc) is 2.39. The third kappa shape index (κ3) is 19.3. The fourth-order valence-electron chi connectivity index (χ4n) is 1.25. The Morgan fingerprint density at radius 2 is 1.17 bits per heavy atom. The number of hydrogen-bond acceptors (Lipinski definition) is 5. The molecule has 0 aliphatic heterocycles. The fraction of sp³-hybridized carbons (Fsp3) is 0. The minimum absolute atomic E-state index is 0. The van der Waals surface area contributed by atoms with Gasteiger partial charge in [-0.2, -0.15) is 7.82 Å². The van der Waals surface area contributed by atoms with E-state index in [2.05, 4.69) is 0 Å². The van der Waals surface area contributed by atoms with Gasteiger partial charge in [-0.05, 0) is 23.8 Å². The Morgan fingerprint density at radius 3 is 1.61 bits per heavy atom. The summed E-state index contributed by atoms with van der Waals surface area (Å²) in [5, 5.41) is 0. The van der Waals surface area contributed by atoms with Crippen molar-refractivity contribution in [1.29, 1.82) is 0 Å². The van der Waals surface area contributed by atoms with Gasteiger partial charge in [0.05, 0.1) is 6.26 Å². The maximum absolute atomic E-state index is 8.55. The van der Waals surface area contributed by atoms with Crippen molar-refractivity contribution >= 4 is 13.9 Å². The molecule has 0 spiro atoms. The second kappa shape index (κ2) is 16.6. The predicted molar refractivity (Wildman–Crippen MR) is 70.2 cm³/mol.